The van der Waals surface area contributed by atoms with Gasteiger partial charge in [0.25, 0.3) is 10.0 Å². The zero-order valence-electron chi connectivity index (χ0n) is 12.0. The van der Waals surface area contributed by atoms with E-state index in [0.29, 0.717) is 4.34 Å². The van der Waals surface area contributed by atoms with Gasteiger partial charge in [-0.2, -0.15) is 0 Å². The molecule has 0 radical (unpaired) electrons. The van der Waals surface area contributed by atoms with Crippen molar-refractivity contribution in [3.05, 3.63) is 16.5 Å². The third-order valence-electron chi connectivity index (χ3n) is 2.58. The molecule has 1 amide bonds. The van der Waals surface area contributed by atoms with Gasteiger partial charge in [-0.15, -0.1) is 11.3 Å². The summed E-state index contributed by atoms with van der Waals surface area (Å²) in [6, 6.07) is 1.71. The van der Waals surface area contributed by atoms with Crippen LogP contribution in [0, 0.1) is 5.92 Å². The number of amides is 1. The van der Waals surface area contributed by atoms with Crippen LogP contribution in [0.2, 0.25) is 4.34 Å². The Kier molecular flexibility index (Phi) is 6.79. The minimum atomic E-state index is -3.84. The molecule has 0 unspecified atom stereocenters. The molecule has 0 aliphatic heterocycles. The number of carboxylic acid groups (broad SMARTS) is 1. The molecule has 0 bridgehead atoms. The molecule has 0 fully saturated rings. The molecule has 0 aliphatic carbocycles. The quantitative estimate of drug-likeness (QED) is 0.640. The number of hydrogen-bond donors (Lipinski definition) is 3. The van der Waals surface area contributed by atoms with E-state index in [1.807, 2.05) is 13.8 Å². The highest BCUT2D eigenvalue weighted by Crippen LogP contribution is 2.25. The average molecular weight is 369 g/mol. The zero-order chi connectivity index (χ0) is 16.9. The molecule has 1 aromatic heterocycles. The SMILES string of the molecule is CC(C)C[C@@H](NC(=O)CNS(=O)(=O)c1ccc(Cl)s1)C(=O)O. The van der Waals surface area contributed by atoms with E-state index in [2.05, 4.69) is 10.0 Å². The zero-order valence-corrected chi connectivity index (χ0v) is 14.4. The first kappa shape index (κ1) is 18.9. The van der Waals surface area contributed by atoms with Gasteiger partial charge in [0.15, 0.2) is 0 Å². The summed E-state index contributed by atoms with van der Waals surface area (Å²) in [7, 11) is -3.84. The maximum Gasteiger partial charge on any atom is 0.326 e. The molecule has 0 aromatic carbocycles. The first-order valence-electron chi connectivity index (χ1n) is 6.39. The van der Waals surface area contributed by atoms with Crippen LogP contribution in [0.4, 0.5) is 0 Å². The van der Waals surface area contributed by atoms with Crippen molar-refractivity contribution >= 4 is 44.8 Å². The van der Waals surface area contributed by atoms with Crippen molar-refractivity contribution in [3.63, 3.8) is 0 Å². The molecule has 10 heteroatoms. The van der Waals surface area contributed by atoms with Gasteiger partial charge in [-0.3, -0.25) is 4.79 Å². The largest absolute Gasteiger partial charge is 0.480 e. The number of sulfonamides is 1. The fourth-order valence-electron chi connectivity index (χ4n) is 1.61. The van der Waals surface area contributed by atoms with Crippen LogP contribution in [-0.4, -0.2) is 38.0 Å². The molecule has 3 N–H and O–H groups in total. The van der Waals surface area contributed by atoms with Crippen LogP contribution >= 0.6 is 22.9 Å². The lowest BCUT2D eigenvalue weighted by molar-refractivity contribution is -0.142. The van der Waals surface area contributed by atoms with E-state index in [0.717, 1.165) is 11.3 Å². The van der Waals surface area contributed by atoms with E-state index in [1.165, 1.54) is 12.1 Å². The first-order chi connectivity index (χ1) is 10.1. The maximum absolute atomic E-state index is 11.9. The fourth-order valence-corrected chi connectivity index (χ4v) is 4.12. The van der Waals surface area contributed by atoms with Gasteiger partial charge >= 0.3 is 5.97 Å². The van der Waals surface area contributed by atoms with Crippen LogP contribution in [0.3, 0.4) is 0 Å². The molecule has 0 saturated heterocycles. The Morgan fingerprint density at radius 1 is 1.36 bits per heavy atom. The van der Waals surface area contributed by atoms with Crippen molar-refractivity contribution in [1.82, 2.24) is 10.0 Å². The standard InChI is InChI=1S/C12H17ClN2O5S2/c1-7(2)5-8(12(17)18)15-10(16)6-14-22(19,20)11-4-3-9(13)21-11/h3-4,7-8,14H,5-6H2,1-2H3,(H,15,16)(H,17,18)/t8-/m1/s1. The molecule has 0 saturated carbocycles. The van der Waals surface area contributed by atoms with Crippen molar-refractivity contribution in [3.8, 4) is 0 Å². The van der Waals surface area contributed by atoms with Gasteiger partial charge in [-0.1, -0.05) is 25.4 Å². The number of nitrogens with one attached hydrogen (secondary N) is 2. The van der Waals surface area contributed by atoms with E-state index >= 15 is 0 Å². The number of carbonyl (C=O) groups excluding carboxylic acids is 1. The van der Waals surface area contributed by atoms with Gasteiger partial charge in [-0.25, -0.2) is 17.9 Å². The molecule has 1 atom stereocenters. The van der Waals surface area contributed by atoms with Crippen molar-refractivity contribution in [2.45, 2.75) is 30.5 Å². The second kappa shape index (κ2) is 7.91. The van der Waals surface area contributed by atoms with E-state index in [-0.39, 0.29) is 16.5 Å². The lowest BCUT2D eigenvalue weighted by Crippen LogP contribution is -2.46. The predicted octanol–water partition coefficient (Wildman–Crippen LogP) is 1.30. The second-order valence-corrected chi connectivity index (χ2v) is 8.68. The molecule has 1 heterocycles. The smallest absolute Gasteiger partial charge is 0.326 e. The number of carboxylic acids is 1. The van der Waals surface area contributed by atoms with Gasteiger partial charge in [-0.05, 0) is 24.5 Å². The van der Waals surface area contributed by atoms with Gasteiger partial charge in [0.05, 0.1) is 10.9 Å². The number of halogens is 1. The summed E-state index contributed by atoms with van der Waals surface area (Å²) < 4.78 is 26.2. The second-order valence-electron chi connectivity index (χ2n) is 4.97. The number of hydrogen-bond acceptors (Lipinski definition) is 5. The Hall–Kier alpha value is -1.16. The van der Waals surface area contributed by atoms with Crippen molar-refractivity contribution in [1.29, 1.82) is 0 Å². The molecular weight excluding hydrogens is 352 g/mol. The van der Waals surface area contributed by atoms with Crippen molar-refractivity contribution in [2.75, 3.05) is 6.54 Å². The van der Waals surface area contributed by atoms with E-state index in [4.69, 9.17) is 16.7 Å². The van der Waals surface area contributed by atoms with Crippen LogP contribution in [0.1, 0.15) is 20.3 Å². The van der Waals surface area contributed by atoms with Crippen LogP contribution in [0.15, 0.2) is 16.3 Å². The molecule has 0 aliphatic rings. The molecule has 1 rings (SSSR count). The summed E-state index contributed by atoms with van der Waals surface area (Å²) in [6.45, 7) is 3.11. The Morgan fingerprint density at radius 3 is 2.45 bits per heavy atom. The Balaban J connectivity index is 2.60. The summed E-state index contributed by atoms with van der Waals surface area (Å²) in [6.07, 6.45) is 0.258. The lowest BCUT2D eigenvalue weighted by Gasteiger charge is -2.16. The highest BCUT2D eigenvalue weighted by Gasteiger charge is 2.23. The summed E-state index contributed by atoms with van der Waals surface area (Å²) >= 11 is 6.53. The topological polar surface area (TPSA) is 113 Å². The Morgan fingerprint density at radius 2 is 2.00 bits per heavy atom. The molecule has 1 aromatic rings. The maximum atomic E-state index is 11.9. The molecule has 124 valence electrons. The van der Waals surface area contributed by atoms with Gasteiger partial charge in [0, 0.05) is 0 Å². The van der Waals surface area contributed by atoms with E-state index in [9.17, 15) is 18.0 Å². The first-order valence-corrected chi connectivity index (χ1v) is 9.06. The minimum absolute atomic E-state index is 0.0118. The van der Waals surface area contributed by atoms with Gasteiger partial charge < -0.3 is 10.4 Å². The summed E-state index contributed by atoms with van der Waals surface area (Å²) in [5.41, 5.74) is 0. The minimum Gasteiger partial charge on any atom is -0.480 e. The number of carbonyl (C=O) groups is 2. The van der Waals surface area contributed by atoms with E-state index in [1.54, 1.807) is 0 Å². The molecular formula is C12H17ClN2O5S2. The van der Waals surface area contributed by atoms with Crippen LogP contribution < -0.4 is 10.0 Å². The Bertz CT molecular complexity index is 642. The number of aliphatic carboxylic acids is 1. The third-order valence-corrected chi connectivity index (χ3v) is 5.70. The normalized spacial score (nSPS) is 13.1. The van der Waals surface area contributed by atoms with Gasteiger partial charge in [0.2, 0.25) is 5.91 Å². The fraction of sp³-hybridized carbons (Fsp3) is 0.500. The highest BCUT2D eigenvalue weighted by molar-refractivity contribution is 7.91. The Labute approximate surface area is 137 Å². The van der Waals surface area contributed by atoms with Crippen molar-refractivity contribution < 1.29 is 23.1 Å². The predicted molar refractivity (Wildman–Crippen MR) is 83.5 cm³/mol. The summed E-state index contributed by atoms with van der Waals surface area (Å²) in [4.78, 5) is 22.7. The monoisotopic (exact) mass is 368 g/mol. The highest BCUT2D eigenvalue weighted by atomic mass is 35.5. The number of thiophene rings is 1. The lowest BCUT2D eigenvalue weighted by atomic mass is 10.0. The molecule has 7 nitrogen and oxygen atoms in total. The van der Waals surface area contributed by atoms with Crippen LogP contribution in [0.25, 0.3) is 0 Å². The number of rotatable bonds is 8. The van der Waals surface area contributed by atoms with E-state index < -0.39 is 34.5 Å². The van der Waals surface area contributed by atoms with Crippen LogP contribution in [-0.2, 0) is 19.6 Å². The summed E-state index contributed by atoms with van der Waals surface area (Å²) in [5, 5.41) is 11.3. The van der Waals surface area contributed by atoms with Gasteiger partial charge in [0.1, 0.15) is 10.3 Å². The van der Waals surface area contributed by atoms with Crippen LogP contribution in [0.5, 0.6) is 0 Å². The molecule has 22 heavy (non-hydrogen) atoms. The summed E-state index contributed by atoms with van der Waals surface area (Å²) in [5.74, 6) is -1.79. The molecule has 0 spiro atoms. The van der Waals surface area contributed by atoms with Crippen molar-refractivity contribution in [2.24, 2.45) is 5.92 Å². The average Bonchev–Trinajstić information content (AvgIpc) is 2.82. The third kappa shape index (κ3) is 5.91.